The van der Waals surface area contributed by atoms with Crippen LogP contribution in [-0.4, -0.2) is 70.2 Å². The Morgan fingerprint density at radius 2 is 1.56 bits per heavy atom. The lowest BCUT2D eigenvalue weighted by atomic mass is 9.85. The van der Waals surface area contributed by atoms with Crippen LogP contribution in [0, 0.1) is 23.7 Å². The molecule has 1 aromatic heterocycles. The van der Waals surface area contributed by atoms with E-state index in [0.717, 1.165) is 6.42 Å². The van der Waals surface area contributed by atoms with Gasteiger partial charge in [-0.25, -0.2) is 9.97 Å². The Morgan fingerprint density at radius 1 is 0.963 bits per heavy atom. The second-order valence-electron chi connectivity index (χ2n) is 7.68. The Labute approximate surface area is 156 Å². The fourth-order valence-corrected chi connectivity index (χ4v) is 4.97. The lowest BCUT2D eigenvalue weighted by molar-refractivity contribution is -0.147. The summed E-state index contributed by atoms with van der Waals surface area (Å²) in [6.07, 6.45) is 8.42. The molecule has 0 radical (unpaired) electrons. The summed E-state index contributed by atoms with van der Waals surface area (Å²) < 4.78 is 0. The van der Waals surface area contributed by atoms with Gasteiger partial charge in [0.05, 0.1) is 11.8 Å². The quantitative estimate of drug-likeness (QED) is 0.549. The molecule has 2 aliphatic carbocycles. The summed E-state index contributed by atoms with van der Waals surface area (Å²) in [6, 6.07) is 1.77. The number of carbonyl (C=O) groups is 3. The van der Waals surface area contributed by atoms with Gasteiger partial charge in [0, 0.05) is 38.6 Å². The predicted molar refractivity (Wildman–Crippen MR) is 95.3 cm³/mol. The number of rotatable bonds is 3. The number of piperazine rings is 1. The van der Waals surface area contributed by atoms with Crippen LogP contribution < -0.4 is 4.90 Å². The Morgan fingerprint density at radius 3 is 2.15 bits per heavy atom. The minimum absolute atomic E-state index is 0.133. The first-order chi connectivity index (χ1) is 13.1. The SMILES string of the molecule is O=C(CN1C(=O)[C@@H]2[C@@H](C1=O)[C@H]1C=C[C@H]2C1)N1CCN(c2ncccn2)CC1. The minimum atomic E-state index is -0.243. The lowest BCUT2D eigenvalue weighted by Gasteiger charge is -2.35. The summed E-state index contributed by atoms with van der Waals surface area (Å²) in [5.41, 5.74) is 0. The maximum atomic E-state index is 12.7. The number of hydrogen-bond acceptors (Lipinski definition) is 6. The predicted octanol–water partition coefficient (Wildman–Crippen LogP) is -0.0677. The van der Waals surface area contributed by atoms with E-state index in [9.17, 15) is 14.4 Å². The van der Waals surface area contributed by atoms with Crippen molar-refractivity contribution in [3.05, 3.63) is 30.6 Å². The third kappa shape index (κ3) is 2.54. The largest absolute Gasteiger partial charge is 0.338 e. The van der Waals surface area contributed by atoms with E-state index in [-0.39, 0.29) is 47.9 Å². The van der Waals surface area contributed by atoms with Gasteiger partial charge in [-0.3, -0.25) is 19.3 Å². The highest BCUT2D eigenvalue weighted by Crippen LogP contribution is 2.52. The summed E-state index contributed by atoms with van der Waals surface area (Å²) in [6.45, 7) is 2.21. The van der Waals surface area contributed by atoms with Gasteiger partial charge in [0.15, 0.2) is 0 Å². The molecule has 8 heteroatoms. The molecule has 5 rings (SSSR count). The van der Waals surface area contributed by atoms with Crippen molar-refractivity contribution in [2.24, 2.45) is 23.7 Å². The van der Waals surface area contributed by atoms with Gasteiger partial charge in [-0.1, -0.05) is 12.2 Å². The van der Waals surface area contributed by atoms with Gasteiger partial charge in [0.25, 0.3) is 0 Å². The second kappa shape index (κ2) is 6.14. The third-order valence-electron chi connectivity index (χ3n) is 6.32. The Hall–Kier alpha value is -2.77. The molecule has 8 nitrogen and oxygen atoms in total. The minimum Gasteiger partial charge on any atom is -0.338 e. The van der Waals surface area contributed by atoms with Crippen LogP contribution in [0.5, 0.6) is 0 Å². The molecule has 3 fully saturated rings. The van der Waals surface area contributed by atoms with Crippen molar-refractivity contribution >= 4 is 23.7 Å². The molecular formula is C19H21N5O3. The van der Waals surface area contributed by atoms with E-state index in [2.05, 4.69) is 22.1 Å². The molecule has 4 aliphatic rings. The van der Waals surface area contributed by atoms with Crippen LogP contribution in [0.25, 0.3) is 0 Å². The molecule has 2 bridgehead atoms. The average molecular weight is 367 g/mol. The molecule has 0 unspecified atom stereocenters. The smallest absolute Gasteiger partial charge is 0.242 e. The lowest BCUT2D eigenvalue weighted by Crippen LogP contribution is -2.52. The first-order valence-electron chi connectivity index (χ1n) is 9.47. The van der Waals surface area contributed by atoms with Crippen LogP contribution in [0.15, 0.2) is 30.6 Å². The molecule has 3 heterocycles. The molecule has 0 spiro atoms. The van der Waals surface area contributed by atoms with E-state index < -0.39 is 0 Å². The zero-order valence-electron chi connectivity index (χ0n) is 14.9. The summed E-state index contributed by atoms with van der Waals surface area (Å²) in [5, 5.41) is 0. The highest BCUT2D eigenvalue weighted by Gasteiger charge is 2.59. The zero-order valence-corrected chi connectivity index (χ0v) is 14.9. The molecule has 1 aromatic rings. The van der Waals surface area contributed by atoms with Crippen molar-refractivity contribution < 1.29 is 14.4 Å². The number of carbonyl (C=O) groups excluding carboxylic acids is 3. The summed E-state index contributed by atoms with van der Waals surface area (Å²) in [5.74, 6) is 0.0330. The van der Waals surface area contributed by atoms with Crippen LogP contribution in [0.4, 0.5) is 5.95 Å². The monoisotopic (exact) mass is 367 g/mol. The van der Waals surface area contributed by atoms with Crippen molar-refractivity contribution in [1.29, 1.82) is 0 Å². The van der Waals surface area contributed by atoms with Crippen molar-refractivity contribution in [2.75, 3.05) is 37.6 Å². The van der Waals surface area contributed by atoms with Crippen LogP contribution in [0.2, 0.25) is 0 Å². The van der Waals surface area contributed by atoms with E-state index in [1.807, 2.05) is 4.90 Å². The van der Waals surface area contributed by atoms with Gasteiger partial charge in [0.1, 0.15) is 6.54 Å². The van der Waals surface area contributed by atoms with Crippen molar-refractivity contribution in [2.45, 2.75) is 6.42 Å². The number of hydrogen-bond donors (Lipinski definition) is 0. The third-order valence-corrected chi connectivity index (χ3v) is 6.32. The van der Waals surface area contributed by atoms with Crippen LogP contribution in [0.3, 0.4) is 0 Å². The Kier molecular flexibility index (Phi) is 3.73. The van der Waals surface area contributed by atoms with E-state index in [4.69, 9.17) is 0 Å². The number of allylic oxidation sites excluding steroid dienone is 2. The highest BCUT2D eigenvalue weighted by atomic mass is 16.2. The topological polar surface area (TPSA) is 86.7 Å². The van der Waals surface area contributed by atoms with Crippen molar-refractivity contribution in [3.63, 3.8) is 0 Å². The van der Waals surface area contributed by atoms with Crippen LogP contribution in [-0.2, 0) is 14.4 Å². The molecule has 140 valence electrons. The summed E-state index contributed by atoms with van der Waals surface area (Å²) in [7, 11) is 0. The van der Waals surface area contributed by atoms with Crippen molar-refractivity contribution in [3.8, 4) is 0 Å². The standard InChI is InChI=1S/C19H21N5O3/c25-14(22-6-8-23(9-7-22)19-20-4-1-5-21-19)11-24-17(26)15-12-2-3-13(10-12)16(15)18(24)27/h1-5,12-13,15-16H,6-11H2/t12-,13-,15-,16-/m0/s1. The normalized spacial score (nSPS) is 31.8. The molecule has 0 aromatic carbocycles. The number of nitrogens with zero attached hydrogens (tertiary/aromatic N) is 5. The molecule has 0 N–H and O–H groups in total. The zero-order chi connectivity index (χ0) is 18.5. The number of fused-ring (bicyclic) bond motifs is 5. The van der Waals surface area contributed by atoms with Crippen molar-refractivity contribution in [1.82, 2.24) is 19.8 Å². The molecule has 27 heavy (non-hydrogen) atoms. The summed E-state index contributed by atoms with van der Waals surface area (Å²) >= 11 is 0. The number of likely N-dealkylation sites (tertiary alicyclic amines) is 1. The maximum Gasteiger partial charge on any atom is 0.242 e. The molecule has 2 aliphatic heterocycles. The highest BCUT2D eigenvalue weighted by molar-refractivity contribution is 6.08. The summed E-state index contributed by atoms with van der Waals surface area (Å²) in [4.78, 5) is 51.6. The molecule has 4 atom stereocenters. The first-order valence-corrected chi connectivity index (χ1v) is 9.47. The Bertz CT molecular complexity index is 788. The number of imide groups is 1. The van der Waals surface area contributed by atoms with Gasteiger partial charge in [-0.15, -0.1) is 0 Å². The average Bonchev–Trinajstić information content (AvgIpc) is 3.39. The fourth-order valence-electron chi connectivity index (χ4n) is 4.97. The number of anilines is 1. The Balaban J connectivity index is 1.21. The van der Waals surface area contributed by atoms with E-state index in [0.29, 0.717) is 32.1 Å². The van der Waals surface area contributed by atoms with Gasteiger partial charge >= 0.3 is 0 Å². The van der Waals surface area contributed by atoms with E-state index in [1.54, 1.807) is 23.4 Å². The first kappa shape index (κ1) is 16.4. The van der Waals surface area contributed by atoms with E-state index in [1.165, 1.54) is 4.90 Å². The van der Waals surface area contributed by atoms with Crippen LogP contribution >= 0.6 is 0 Å². The number of amides is 3. The van der Waals surface area contributed by atoms with Crippen LogP contribution in [0.1, 0.15) is 6.42 Å². The number of aromatic nitrogens is 2. The van der Waals surface area contributed by atoms with Gasteiger partial charge in [-0.05, 0) is 24.3 Å². The fraction of sp³-hybridized carbons (Fsp3) is 0.526. The van der Waals surface area contributed by atoms with Gasteiger partial charge in [-0.2, -0.15) is 0 Å². The van der Waals surface area contributed by atoms with Gasteiger partial charge < -0.3 is 9.80 Å². The van der Waals surface area contributed by atoms with E-state index >= 15 is 0 Å². The molecule has 3 amide bonds. The maximum absolute atomic E-state index is 12.7. The second-order valence-corrected chi connectivity index (χ2v) is 7.68. The molecule has 2 saturated heterocycles. The van der Waals surface area contributed by atoms with Gasteiger partial charge in [0.2, 0.25) is 23.7 Å². The molecule has 1 saturated carbocycles. The molecular weight excluding hydrogens is 346 g/mol.